The number of hydrogen-bond donors (Lipinski definition) is 2. The number of nitrogens with zero attached hydrogens (tertiary/aromatic N) is 1. The van der Waals surface area contributed by atoms with Gasteiger partial charge >= 0.3 is 0 Å². The molecule has 1 fully saturated rings. The van der Waals surface area contributed by atoms with Gasteiger partial charge in [-0.15, -0.1) is 0 Å². The third-order valence-corrected chi connectivity index (χ3v) is 4.82. The van der Waals surface area contributed by atoms with Gasteiger partial charge in [-0.3, -0.25) is 9.78 Å². The average Bonchev–Trinajstić information content (AvgIpc) is 3.39. The number of carbonyl (C=O) groups is 1. The van der Waals surface area contributed by atoms with E-state index in [-0.39, 0.29) is 11.8 Å². The van der Waals surface area contributed by atoms with Gasteiger partial charge in [-0.1, -0.05) is 11.6 Å². The van der Waals surface area contributed by atoms with Crippen molar-refractivity contribution in [3.8, 4) is 5.75 Å². The highest BCUT2D eigenvalue weighted by molar-refractivity contribution is 6.30. The number of amides is 1. The molecule has 4 rings (SSSR count). The van der Waals surface area contributed by atoms with Crippen molar-refractivity contribution in [2.45, 2.75) is 31.1 Å². The average molecular weight is 344 g/mol. The van der Waals surface area contributed by atoms with E-state index in [1.807, 2.05) is 6.07 Å². The van der Waals surface area contributed by atoms with Crippen LogP contribution in [0.2, 0.25) is 5.02 Å². The van der Waals surface area contributed by atoms with Crippen molar-refractivity contribution in [1.82, 2.24) is 4.98 Å². The number of nitrogens with one attached hydrogen (secondary N) is 1. The van der Waals surface area contributed by atoms with E-state index >= 15 is 0 Å². The maximum atomic E-state index is 12.9. The normalized spacial score (nSPS) is 19.3. The molecule has 0 saturated heterocycles. The van der Waals surface area contributed by atoms with Gasteiger partial charge < -0.3 is 15.8 Å². The van der Waals surface area contributed by atoms with E-state index in [4.69, 9.17) is 22.1 Å². The highest BCUT2D eigenvalue weighted by Crippen LogP contribution is 2.46. The Hall–Kier alpha value is -2.27. The van der Waals surface area contributed by atoms with E-state index in [1.165, 1.54) is 0 Å². The van der Waals surface area contributed by atoms with Crippen LogP contribution in [0.25, 0.3) is 0 Å². The van der Waals surface area contributed by atoms with Crippen molar-refractivity contribution in [2.75, 3.05) is 17.7 Å². The number of aromatic nitrogens is 1. The Kier molecular flexibility index (Phi) is 3.81. The molecule has 5 nitrogen and oxygen atoms in total. The number of rotatable bonds is 3. The SMILES string of the molecule is Nc1cncc(NC(=O)C2CCOc3ccc(Cl)cc32)c1C1CC1. The predicted molar refractivity (Wildman–Crippen MR) is 93.6 cm³/mol. The van der Waals surface area contributed by atoms with Crippen molar-refractivity contribution in [2.24, 2.45) is 0 Å². The highest BCUT2D eigenvalue weighted by Gasteiger charge is 2.32. The lowest BCUT2D eigenvalue weighted by Crippen LogP contribution is -2.27. The summed E-state index contributed by atoms with van der Waals surface area (Å²) in [5.74, 6) is 0.788. The fraction of sp³-hybridized carbons (Fsp3) is 0.333. The van der Waals surface area contributed by atoms with Crippen LogP contribution in [-0.4, -0.2) is 17.5 Å². The van der Waals surface area contributed by atoms with Crippen LogP contribution in [0.15, 0.2) is 30.6 Å². The number of nitrogens with two attached hydrogens (primary N) is 1. The summed E-state index contributed by atoms with van der Waals surface area (Å²) in [6.45, 7) is 0.511. The first-order valence-corrected chi connectivity index (χ1v) is 8.48. The Labute approximate surface area is 145 Å². The Bertz CT molecular complexity index is 805. The number of fused-ring (bicyclic) bond motifs is 1. The molecule has 2 aromatic rings. The number of benzene rings is 1. The van der Waals surface area contributed by atoms with Crippen LogP contribution >= 0.6 is 11.6 Å². The summed E-state index contributed by atoms with van der Waals surface area (Å²) in [6, 6.07) is 5.39. The summed E-state index contributed by atoms with van der Waals surface area (Å²) in [5, 5.41) is 3.62. The summed E-state index contributed by atoms with van der Waals surface area (Å²) in [5.41, 5.74) is 9.27. The summed E-state index contributed by atoms with van der Waals surface area (Å²) < 4.78 is 5.63. The Balaban J connectivity index is 1.63. The zero-order valence-electron chi connectivity index (χ0n) is 13.1. The fourth-order valence-corrected chi connectivity index (χ4v) is 3.45. The molecule has 1 aromatic carbocycles. The van der Waals surface area contributed by atoms with Crippen molar-refractivity contribution in [3.05, 3.63) is 46.7 Å². The quantitative estimate of drug-likeness (QED) is 0.890. The van der Waals surface area contributed by atoms with Crippen molar-refractivity contribution < 1.29 is 9.53 Å². The fourth-order valence-electron chi connectivity index (χ4n) is 3.27. The van der Waals surface area contributed by atoms with Crippen LogP contribution in [-0.2, 0) is 4.79 Å². The third-order valence-electron chi connectivity index (χ3n) is 4.59. The number of hydrogen-bond acceptors (Lipinski definition) is 4. The standard InChI is InChI=1S/C18H18ClN3O2/c19-11-3-4-16-13(7-11)12(5-6-24-16)18(23)22-15-9-21-8-14(20)17(15)10-1-2-10/h3-4,7-10,12H,1-2,5-6,20H2,(H,22,23). The molecule has 1 saturated carbocycles. The van der Waals surface area contributed by atoms with Gasteiger partial charge in [-0.25, -0.2) is 0 Å². The van der Waals surface area contributed by atoms with Crippen LogP contribution in [0, 0.1) is 0 Å². The maximum Gasteiger partial charge on any atom is 0.232 e. The first kappa shape index (κ1) is 15.3. The molecule has 1 aliphatic heterocycles. The Morgan fingerprint density at radius 3 is 2.92 bits per heavy atom. The van der Waals surface area contributed by atoms with Gasteiger partial charge in [0.25, 0.3) is 0 Å². The summed E-state index contributed by atoms with van der Waals surface area (Å²) in [7, 11) is 0. The van der Waals surface area contributed by atoms with Crippen LogP contribution in [0.1, 0.15) is 42.2 Å². The smallest absolute Gasteiger partial charge is 0.232 e. The number of pyridine rings is 1. The molecular formula is C18H18ClN3O2. The lowest BCUT2D eigenvalue weighted by molar-refractivity contribution is -0.118. The third kappa shape index (κ3) is 2.80. The van der Waals surface area contributed by atoms with Crippen LogP contribution < -0.4 is 15.8 Å². The summed E-state index contributed by atoms with van der Waals surface area (Å²) in [4.78, 5) is 17.0. The van der Waals surface area contributed by atoms with E-state index in [9.17, 15) is 4.79 Å². The first-order chi connectivity index (χ1) is 11.6. The van der Waals surface area contributed by atoms with Crippen molar-refractivity contribution in [3.63, 3.8) is 0 Å². The van der Waals surface area contributed by atoms with E-state index in [1.54, 1.807) is 24.5 Å². The number of halogens is 1. The second-order valence-electron chi connectivity index (χ2n) is 6.33. The molecule has 124 valence electrons. The van der Waals surface area contributed by atoms with E-state index in [2.05, 4.69) is 10.3 Å². The number of carbonyl (C=O) groups excluding carboxylic acids is 1. The lowest BCUT2D eigenvalue weighted by Gasteiger charge is -2.25. The Morgan fingerprint density at radius 1 is 1.29 bits per heavy atom. The molecule has 0 bridgehead atoms. The van der Waals surface area contributed by atoms with Gasteiger partial charge in [0.2, 0.25) is 5.91 Å². The Morgan fingerprint density at radius 2 is 2.12 bits per heavy atom. The monoisotopic (exact) mass is 343 g/mol. The van der Waals surface area contributed by atoms with Crippen LogP contribution in [0.5, 0.6) is 5.75 Å². The largest absolute Gasteiger partial charge is 0.493 e. The highest BCUT2D eigenvalue weighted by atomic mass is 35.5. The molecule has 0 spiro atoms. The molecule has 1 aliphatic carbocycles. The van der Waals surface area contributed by atoms with Gasteiger partial charge in [0.05, 0.1) is 36.3 Å². The second kappa shape index (κ2) is 5.98. The van der Waals surface area contributed by atoms with Gasteiger partial charge in [0.15, 0.2) is 0 Å². The molecule has 2 heterocycles. The summed E-state index contributed by atoms with van der Waals surface area (Å²) >= 11 is 6.09. The van der Waals surface area contributed by atoms with Crippen molar-refractivity contribution >= 4 is 28.9 Å². The zero-order chi connectivity index (χ0) is 16.7. The van der Waals surface area contributed by atoms with Gasteiger partial charge in [-0.05, 0) is 43.4 Å². The molecular weight excluding hydrogens is 326 g/mol. The molecule has 3 N–H and O–H groups in total. The minimum Gasteiger partial charge on any atom is -0.493 e. The molecule has 1 atom stereocenters. The minimum absolute atomic E-state index is 0.0730. The number of nitrogen functional groups attached to an aromatic ring is 1. The van der Waals surface area contributed by atoms with Crippen LogP contribution in [0.4, 0.5) is 11.4 Å². The molecule has 1 unspecified atom stereocenters. The van der Waals surface area contributed by atoms with E-state index in [0.717, 1.165) is 35.4 Å². The minimum atomic E-state index is -0.291. The maximum absolute atomic E-state index is 12.9. The van der Waals surface area contributed by atoms with Crippen LogP contribution in [0.3, 0.4) is 0 Å². The topological polar surface area (TPSA) is 77.2 Å². The molecule has 1 amide bonds. The van der Waals surface area contributed by atoms with Crippen molar-refractivity contribution in [1.29, 1.82) is 0 Å². The molecule has 2 aliphatic rings. The lowest BCUT2D eigenvalue weighted by atomic mass is 9.92. The number of ether oxygens (including phenoxy) is 1. The van der Waals surface area contributed by atoms with Gasteiger partial charge in [0, 0.05) is 16.1 Å². The molecule has 0 radical (unpaired) electrons. The van der Waals surface area contributed by atoms with E-state index in [0.29, 0.717) is 29.7 Å². The number of anilines is 2. The summed E-state index contributed by atoms with van der Waals surface area (Å²) in [6.07, 6.45) is 6.15. The van der Waals surface area contributed by atoms with Gasteiger partial charge in [0.1, 0.15) is 5.75 Å². The molecule has 24 heavy (non-hydrogen) atoms. The van der Waals surface area contributed by atoms with Gasteiger partial charge in [-0.2, -0.15) is 0 Å². The molecule has 1 aromatic heterocycles. The van der Waals surface area contributed by atoms with E-state index < -0.39 is 0 Å². The first-order valence-electron chi connectivity index (χ1n) is 8.10. The second-order valence-corrected chi connectivity index (χ2v) is 6.76. The predicted octanol–water partition coefficient (Wildman–Crippen LogP) is 3.70. The zero-order valence-corrected chi connectivity index (χ0v) is 13.8. The molecule has 6 heteroatoms.